The van der Waals surface area contributed by atoms with Gasteiger partial charge in [-0.2, -0.15) is 0 Å². The van der Waals surface area contributed by atoms with E-state index in [0.717, 1.165) is 26.9 Å². The van der Waals surface area contributed by atoms with Crippen LogP contribution in [0.5, 0.6) is 11.6 Å². The molecule has 0 bridgehead atoms. The third-order valence-electron chi connectivity index (χ3n) is 5.72. The van der Waals surface area contributed by atoms with Gasteiger partial charge >= 0.3 is 5.69 Å². The molecule has 4 aromatic rings. The van der Waals surface area contributed by atoms with Gasteiger partial charge in [-0.05, 0) is 29.8 Å². The Morgan fingerprint density at radius 3 is 2.41 bits per heavy atom. The highest BCUT2D eigenvalue weighted by atomic mass is 16.5. The van der Waals surface area contributed by atoms with E-state index in [1.807, 2.05) is 54.6 Å². The van der Waals surface area contributed by atoms with Crippen LogP contribution in [0.2, 0.25) is 0 Å². The molecular weight excluding hydrogens is 430 g/mol. The molecule has 0 spiro atoms. The molecule has 0 saturated heterocycles. The van der Waals surface area contributed by atoms with Gasteiger partial charge in [0, 0.05) is 16.7 Å². The van der Waals surface area contributed by atoms with Crippen molar-refractivity contribution >= 4 is 23.0 Å². The summed E-state index contributed by atoms with van der Waals surface area (Å²) < 4.78 is 6.30. The summed E-state index contributed by atoms with van der Waals surface area (Å²) in [4.78, 5) is 32.4. The highest BCUT2D eigenvalue weighted by molar-refractivity contribution is 6.39. The number of aromatic hydroxyl groups is 1. The highest BCUT2D eigenvalue weighted by Gasteiger charge is 2.23. The molecule has 168 valence electrons. The lowest BCUT2D eigenvalue weighted by Crippen LogP contribution is -2.31. The van der Waals surface area contributed by atoms with Crippen molar-refractivity contribution in [3.05, 3.63) is 122 Å². The molecule has 1 aliphatic heterocycles. The van der Waals surface area contributed by atoms with Crippen molar-refractivity contribution in [2.75, 3.05) is 7.11 Å². The van der Waals surface area contributed by atoms with Crippen LogP contribution in [0.15, 0.2) is 93.4 Å². The third kappa shape index (κ3) is 3.84. The minimum absolute atomic E-state index is 0.0107. The van der Waals surface area contributed by atoms with Crippen LogP contribution >= 0.6 is 0 Å². The van der Waals surface area contributed by atoms with Gasteiger partial charge in [-0.1, -0.05) is 60.7 Å². The van der Waals surface area contributed by atoms with E-state index in [9.17, 15) is 14.7 Å². The number of hydrogen-bond donors (Lipinski definition) is 2. The number of hydrogen-bond acceptors (Lipinski definition) is 5. The zero-order valence-corrected chi connectivity index (χ0v) is 18.4. The maximum atomic E-state index is 12.8. The number of H-pyrrole nitrogens is 1. The summed E-state index contributed by atoms with van der Waals surface area (Å²) in [5.74, 6) is 0.272. The van der Waals surface area contributed by atoms with E-state index >= 15 is 0 Å². The second kappa shape index (κ2) is 8.71. The first-order chi connectivity index (χ1) is 16.5. The molecule has 0 atom stereocenters. The van der Waals surface area contributed by atoms with Crippen LogP contribution in [0.3, 0.4) is 0 Å². The molecule has 7 nitrogen and oxygen atoms in total. The van der Waals surface area contributed by atoms with Gasteiger partial charge < -0.3 is 9.84 Å². The molecule has 0 saturated carbocycles. The van der Waals surface area contributed by atoms with Crippen LogP contribution in [0.4, 0.5) is 5.69 Å². The lowest BCUT2D eigenvalue weighted by atomic mass is 9.96. The fraction of sp³-hybridized carbons (Fsp3) is 0.0741. The van der Waals surface area contributed by atoms with E-state index in [0.29, 0.717) is 17.0 Å². The van der Waals surface area contributed by atoms with Crippen molar-refractivity contribution in [3.63, 3.8) is 0 Å². The minimum Gasteiger partial charge on any atom is -0.497 e. The Balaban J connectivity index is 1.63. The Hall–Kier alpha value is -4.65. The van der Waals surface area contributed by atoms with Crippen LogP contribution in [0.25, 0.3) is 11.6 Å². The summed E-state index contributed by atoms with van der Waals surface area (Å²) in [7, 11) is 1.57. The van der Waals surface area contributed by atoms with Gasteiger partial charge in [0.2, 0.25) is 5.88 Å². The van der Waals surface area contributed by atoms with Gasteiger partial charge in [-0.15, -0.1) is 0 Å². The summed E-state index contributed by atoms with van der Waals surface area (Å²) in [6.07, 6.45) is 1.59. The maximum Gasteiger partial charge on any atom is 0.331 e. The molecule has 1 aromatic heterocycles. The van der Waals surface area contributed by atoms with Crippen LogP contribution < -0.4 is 16.0 Å². The number of aromatic nitrogens is 2. The number of ether oxygens (including phenoxy) is 1. The average Bonchev–Trinajstić information content (AvgIpc) is 3.23. The van der Waals surface area contributed by atoms with E-state index in [-0.39, 0.29) is 12.1 Å². The maximum absolute atomic E-state index is 12.8. The van der Waals surface area contributed by atoms with Crippen molar-refractivity contribution in [2.45, 2.75) is 6.54 Å². The predicted molar refractivity (Wildman–Crippen MR) is 132 cm³/mol. The van der Waals surface area contributed by atoms with E-state index in [2.05, 4.69) is 4.98 Å². The number of para-hydroxylation sites is 1. The van der Waals surface area contributed by atoms with Gasteiger partial charge in [-0.25, -0.2) is 9.79 Å². The van der Waals surface area contributed by atoms with Crippen LogP contribution in [-0.2, 0) is 6.54 Å². The molecule has 0 amide bonds. The van der Waals surface area contributed by atoms with Crippen molar-refractivity contribution in [1.29, 1.82) is 0 Å². The van der Waals surface area contributed by atoms with Crippen LogP contribution in [0, 0.1) is 0 Å². The first-order valence-corrected chi connectivity index (χ1v) is 10.7. The standard InChI is InChI=1S/C27H21N3O4/c1-34-19-13-11-17(12-14-19)16-30-26(32)22(25(31)29-27(30)33)15-21-20-9-5-6-10-23(20)28-24(21)18-7-3-2-4-8-18/h2-15,32H,16H2,1H3,(H,29,31,33)/b21-15+. The summed E-state index contributed by atoms with van der Waals surface area (Å²) >= 11 is 0. The number of aromatic amines is 1. The van der Waals surface area contributed by atoms with Gasteiger partial charge in [0.25, 0.3) is 5.56 Å². The van der Waals surface area contributed by atoms with Gasteiger partial charge in [0.15, 0.2) is 0 Å². The first kappa shape index (κ1) is 21.2. The molecule has 7 heteroatoms. The Morgan fingerprint density at radius 1 is 0.971 bits per heavy atom. The lowest BCUT2D eigenvalue weighted by Gasteiger charge is -2.12. The molecule has 5 rings (SSSR count). The quantitative estimate of drug-likeness (QED) is 0.480. The Kier molecular flexibility index (Phi) is 5.43. The molecule has 1 aliphatic rings. The summed E-state index contributed by atoms with van der Waals surface area (Å²) in [6.45, 7) is 0.0812. The third-order valence-corrected chi connectivity index (χ3v) is 5.72. The zero-order valence-electron chi connectivity index (χ0n) is 18.4. The summed E-state index contributed by atoms with van der Waals surface area (Å²) in [6, 6.07) is 24.3. The molecule has 0 aliphatic carbocycles. The molecule has 0 fully saturated rings. The number of aliphatic imine (C=N–C) groups is 1. The molecule has 3 aromatic carbocycles. The van der Waals surface area contributed by atoms with Crippen molar-refractivity contribution in [1.82, 2.24) is 9.55 Å². The van der Waals surface area contributed by atoms with Gasteiger partial charge in [0.05, 0.1) is 25.1 Å². The number of nitrogens with zero attached hydrogens (tertiary/aromatic N) is 2. The Bertz CT molecular complexity index is 1550. The number of nitrogens with one attached hydrogen (secondary N) is 1. The van der Waals surface area contributed by atoms with E-state index in [4.69, 9.17) is 9.73 Å². The second-order valence-corrected chi connectivity index (χ2v) is 7.83. The van der Waals surface area contributed by atoms with Crippen molar-refractivity contribution in [2.24, 2.45) is 4.99 Å². The number of allylic oxidation sites excluding steroid dienone is 1. The number of methoxy groups -OCH3 is 1. The normalized spacial score (nSPS) is 13.6. The largest absolute Gasteiger partial charge is 0.497 e. The zero-order chi connectivity index (χ0) is 23.7. The van der Waals surface area contributed by atoms with Crippen molar-refractivity contribution in [3.8, 4) is 11.6 Å². The molecule has 2 heterocycles. The molecule has 0 radical (unpaired) electrons. The second-order valence-electron chi connectivity index (χ2n) is 7.83. The molecule has 0 unspecified atom stereocenters. The van der Waals surface area contributed by atoms with Crippen LogP contribution in [0.1, 0.15) is 22.3 Å². The van der Waals surface area contributed by atoms with Crippen molar-refractivity contribution < 1.29 is 9.84 Å². The summed E-state index contributed by atoms with van der Waals surface area (Å²) in [5, 5.41) is 11.0. The van der Waals surface area contributed by atoms with Gasteiger partial charge in [-0.3, -0.25) is 14.3 Å². The monoisotopic (exact) mass is 451 g/mol. The number of benzene rings is 3. The topological polar surface area (TPSA) is 96.7 Å². The molecule has 2 N–H and O–H groups in total. The smallest absolute Gasteiger partial charge is 0.331 e. The predicted octanol–water partition coefficient (Wildman–Crippen LogP) is 3.97. The number of rotatable bonds is 5. The highest BCUT2D eigenvalue weighted by Crippen LogP contribution is 2.38. The van der Waals surface area contributed by atoms with E-state index in [1.165, 1.54) is 0 Å². The Morgan fingerprint density at radius 2 is 1.68 bits per heavy atom. The minimum atomic E-state index is -0.691. The SMILES string of the molecule is COc1ccc(Cn2c(O)c(/C=C3/C(c4ccccc4)=Nc4ccccc43)c(=O)[nH]c2=O)cc1. The van der Waals surface area contributed by atoms with E-state index in [1.54, 1.807) is 37.5 Å². The summed E-state index contributed by atoms with van der Waals surface area (Å²) in [5.41, 5.74) is 3.27. The molecule has 34 heavy (non-hydrogen) atoms. The van der Waals surface area contributed by atoms with Crippen LogP contribution in [-0.4, -0.2) is 27.5 Å². The van der Waals surface area contributed by atoms with E-state index < -0.39 is 17.1 Å². The number of fused-ring (bicyclic) bond motifs is 1. The Labute approximate surface area is 195 Å². The molecular formula is C27H21N3O4. The lowest BCUT2D eigenvalue weighted by molar-refractivity contribution is 0.407. The fourth-order valence-electron chi connectivity index (χ4n) is 3.98. The first-order valence-electron chi connectivity index (χ1n) is 10.7. The van der Waals surface area contributed by atoms with Gasteiger partial charge in [0.1, 0.15) is 11.3 Å². The fourth-order valence-corrected chi connectivity index (χ4v) is 3.98. The average molecular weight is 451 g/mol.